The maximum Gasteiger partial charge on any atom is 0.354 e. The molecule has 0 aromatic carbocycles. The van der Waals surface area contributed by atoms with Crippen LogP contribution in [0.1, 0.15) is 29.5 Å². The molecule has 2 rings (SSSR count). The molecule has 6 heteroatoms. The van der Waals surface area contributed by atoms with E-state index in [1.54, 1.807) is 13.8 Å². The van der Waals surface area contributed by atoms with Crippen LogP contribution < -0.4 is 4.90 Å². The van der Waals surface area contributed by atoms with E-state index >= 15 is 0 Å². The van der Waals surface area contributed by atoms with E-state index in [1.807, 2.05) is 4.90 Å². The van der Waals surface area contributed by atoms with Gasteiger partial charge >= 0.3 is 5.97 Å². The number of carboxylic acids is 1. The minimum Gasteiger partial charge on any atom is -0.477 e. The largest absolute Gasteiger partial charge is 0.477 e. The molecule has 2 atom stereocenters. The molecule has 1 saturated heterocycles. The van der Waals surface area contributed by atoms with Gasteiger partial charge in [0.15, 0.2) is 5.69 Å². The molecule has 2 N–H and O–H groups in total. The SMILES string of the molecule is Cc1cc(C(=O)O)nc(N2CCC(C(C)O)C2)n1. The summed E-state index contributed by atoms with van der Waals surface area (Å²) in [6.07, 6.45) is 0.510. The van der Waals surface area contributed by atoms with Gasteiger partial charge in [-0.1, -0.05) is 0 Å². The van der Waals surface area contributed by atoms with Crippen LogP contribution in [0.3, 0.4) is 0 Å². The zero-order valence-electron chi connectivity index (χ0n) is 10.5. The summed E-state index contributed by atoms with van der Waals surface area (Å²) in [6, 6.07) is 1.45. The molecule has 6 nitrogen and oxygen atoms in total. The number of aryl methyl sites for hydroxylation is 1. The Hall–Kier alpha value is -1.69. The van der Waals surface area contributed by atoms with Crippen molar-refractivity contribution in [3.8, 4) is 0 Å². The fourth-order valence-electron chi connectivity index (χ4n) is 2.17. The van der Waals surface area contributed by atoms with Gasteiger partial charge in [-0.25, -0.2) is 14.8 Å². The Morgan fingerprint density at radius 3 is 2.83 bits per heavy atom. The summed E-state index contributed by atoms with van der Waals surface area (Å²) >= 11 is 0. The lowest BCUT2D eigenvalue weighted by Gasteiger charge is -2.18. The first-order valence-electron chi connectivity index (χ1n) is 5.99. The minimum atomic E-state index is -1.05. The summed E-state index contributed by atoms with van der Waals surface area (Å²) < 4.78 is 0. The molecule has 2 heterocycles. The molecule has 0 spiro atoms. The molecule has 1 fully saturated rings. The number of hydrogen-bond acceptors (Lipinski definition) is 5. The van der Waals surface area contributed by atoms with Gasteiger partial charge in [0.2, 0.25) is 5.95 Å². The van der Waals surface area contributed by atoms with Crippen LogP contribution in [0.2, 0.25) is 0 Å². The highest BCUT2D eigenvalue weighted by atomic mass is 16.4. The lowest BCUT2D eigenvalue weighted by Crippen LogP contribution is -2.26. The summed E-state index contributed by atoms with van der Waals surface area (Å²) in [5, 5.41) is 18.5. The van der Waals surface area contributed by atoms with E-state index in [9.17, 15) is 9.90 Å². The Bertz CT molecular complexity index is 462. The van der Waals surface area contributed by atoms with Crippen molar-refractivity contribution in [1.29, 1.82) is 0 Å². The fraction of sp³-hybridized carbons (Fsp3) is 0.583. The van der Waals surface area contributed by atoms with E-state index in [4.69, 9.17) is 5.11 Å². The Kier molecular flexibility index (Phi) is 3.47. The molecule has 0 amide bonds. The number of hydrogen-bond donors (Lipinski definition) is 2. The average Bonchev–Trinajstić information content (AvgIpc) is 2.77. The third-order valence-electron chi connectivity index (χ3n) is 3.25. The van der Waals surface area contributed by atoms with Crippen molar-refractivity contribution in [2.24, 2.45) is 5.92 Å². The van der Waals surface area contributed by atoms with Crippen LogP contribution >= 0.6 is 0 Å². The van der Waals surface area contributed by atoms with Crippen LogP contribution in [0.15, 0.2) is 6.07 Å². The molecule has 1 aromatic heterocycles. The van der Waals surface area contributed by atoms with E-state index in [0.29, 0.717) is 18.2 Å². The molecule has 18 heavy (non-hydrogen) atoms. The highest BCUT2D eigenvalue weighted by Crippen LogP contribution is 2.23. The van der Waals surface area contributed by atoms with Crippen molar-refractivity contribution < 1.29 is 15.0 Å². The summed E-state index contributed by atoms with van der Waals surface area (Å²) in [4.78, 5) is 21.2. The molecule has 2 unspecified atom stereocenters. The first-order valence-corrected chi connectivity index (χ1v) is 5.99. The van der Waals surface area contributed by atoms with Crippen LogP contribution in [-0.2, 0) is 0 Å². The maximum absolute atomic E-state index is 10.9. The third kappa shape index (κ3) is 2.59. The van der Waals surface area contributed by atoms with E-state index < -0.39 is 5.97 Å². The Labute approximate surface area is 105 Å². The van der Waals surface area contributed by atoms with Gasteiger partial charge in [-0.15, -0.1) is 0 Å². The van der Waals surface area contributed by atoms with Gasteiger partial charge < -0.3 is 15.1 Å². The van der Waals surface area contributed by atoms with Crippen LogP contribution in [-0.4, -0.2) is 45.3 Å². The smallest absolute Gasteiger partial charge is 0.354 e. The van der Waals surface area contributed by atoms with Crippen LogP contribution in [0.4, 0.5) is 5.95 Å². The van der Waals surface area contributed by atoms with Crippen LogP contribution in [0.25, 0.3) is 0 Å². The summed E-state index contributed by atoms with van der Waals surface area (Å²) in [7, 11) is 0. The van der Waals surface area contributed by atoms with Crippen LogP contribution in [0.5, 0.6) is 0 Å². The predicted molar refractivity (Wildman–Crippen MR) is 65.7 cm³/mol. The van der Waals surface area contributed by atoms with E-state index in [1.165, 1.54) is 6.07 Å². The van der Waals surface area contributed by atoms with Crippen molar-refractivity contribution in [3.05, 3.63) is 17.5 Å². The summed E-state index contributed by atoms with van der Waals surface area (Å²) in [5.74, 6) is -0.411. The minimum absolute atomic E-state index is 0.0120. The first-order chi connectivity index (χ1) is 8.47. The lowest BCUT2D eigenvalue weighted by atomic mass is 10.0. The first kappa shape index (κ1) is 12.8. The molecular weight excluding hydrogens is 234 g/mol. The Morgan fingerprint density at radius 2 is 2.28 bits per heavy atom. The van der Waals surface area contributed by atoms with Crippen molar-refractivity contribution >= 4 is 11.9 Å². The topological polar surface area (TPSA) is 86.5 Å². The number of carbonyl (C=O) groups is 1. The van der Waals surface area contributed by atoms with Crippen molar-refractivity contribution in [2.45, 2.75) is 26.4 Å². The number of rotatable bonds is 3. The third-order valence-corrected chi connectivity index (χ3v) is 3.25. The van der Waals surface area contributed by atoms with Crippen LogP contribution in [0, 0.1) is 12.8 Å². The molecule has 0 radical (unpaired) electrons. The summed E-state index contributed by atoms with van der Waals surface area (Å²) in [6.45, 7) is 4.94. The second-order valence-corrected chi connectivity index (χ2v) is 4.74. The monoisotopic (exact) mass is 251 g/mol. The zero-order chi connectivity index (χ0) is 13.3. The molecule has 0 bridgehead atoms. The van der Waals surface area contributed by atoms with Gasteiger partial charge in [0, 0.05) is 24.7 Å². The highest BCUT2D eigenvalue weighted by molar-refractivity contribution is 5.85. The number of aliphatic hydroxyl groups excluding tert-OH is 1. The number of anilines is 1. The number of aromatic carboxylic acids is 1. The van der Waals surface area contributed by atoms with Gasteiger partial charge in [-0.3, -0.25) is 0 Å². The quantitative estimate of drug-likeness (QED) is 0.822. The van der Waals surface area contributed by atoms with Gasteiger partial charge in [0.05, 0.1) is 6.10 Å². The van der Waals surface area contributed by atoms with E-state index in [2.05, 4.69) is 9.97 Å². The maximum atomic E-state index is 10.9. The van der Waals surface area contributed by atoms with Crippen molar-refractivity contribution in [2.75, 3.05) is 18.0 Å². The highest BCUT2D eigenvalue weighted by Gasteiger charge is 2.28. The lowest BCUT2D eigenvalue weighted by molar-refractivity contribution is 0.0690. The van der Waals surface area contributed by atoms with Crippen molar-refractivity contribution in [3.63, 3.8) is 0 Å². The van der Waals surface area contributed by atoms with Gasteiger partial charge in [-0.2, -0.15) is 0 Å². The number of aromatic nitrogens is 2. The predicted octanol–water partition coefficient (Wildman–Crippen LogP) is 0.690. The second kappa shape index (κ2) is 4.89. The standard InChI is InChI=1S/C12H17N3O3/c1-7-5-10(11(17)18)14-12(13-7)15-4-3-9(6-15)8(2)16/h5,8-9,16H,3-4,6H2,1-2H3,(H,17,18). The van der Waals surface area contributed by atoms with Gasteiger partial charge in [0.25, 0.3) is 0 Å². The van der Waals surface area contributed by atoms with Gasteiger partial charge in [0.1, 0.15) is 0 Å². The number of nitrogens with zero attached hydrogens (tertiary/aromatic N) is 3. The normalized spacial score (nSPS) is 21.1. The zero-order valence-corrected chi connectivity index (χ0v) is 10.5. The number of aliphatic hydroxyl groups is 1. The summed E-state index contributed by atoms with van der Waals surface area (Å²) in [5.41, 5.74) is 0.649. The molecular formula is C12H17N3O3. The second-order valence-electron chi connectivity index (χ2n) is 4.74. The molecule has 1 aliphatic rings. The number of carboxylic acid groups (broad SMARTS) is 1. The molecule has 1 aliphatic heterocycles. The molecule has 0 aliphatic carbocycles. The van der Waals surface area contributed by atoms with E-state index in [0.717, 1.165) is 13.0 Å². The fourth-order valence-corrected chi connectivity index (χ4v) is 2.17. The molecule has 1 aromatic rings. The van der Waals surface area contributed by atoms with Gasteiger partial charge in [-0.05, 0) is 26.3 Å². The van der Waals surface area contributed by atoms with Crippen molar-refractivity contribution in [1.82, 2.24) is 9.97 Å². The molecule has 98 valence electrons. The van der Waals surface area contributed by atoms with E-state index in [-0.39, 0.29) is 17.7 Å². The average molecular weight is 251 g/mol. The Balaban J connectivity index is 2.21. The Morgan fingerprint density at radius 1 is 1.56 bits per heavy atom. The molecule has 0 saturated carbocycles.